The quantitative estimate of drug-likeness (QED) is 0.636. The lowest BCUT2D eigenvalue weighted by Gasteiger charge is -2.16. The van der Waals surface area contributed by atoms with E-state index in [9.17, 15) is 17.6 Å². The Hall–Kier alpha value is -1.37. The fraction of sp³-hybridized carbons (Fsp3) is 0.462. The van der Waals surface area contributed by atoms with Gasteiger partial charge in [-0.25, -0.2) is 4.39 Å². The van der Waals surface area contributed by atoms with Crippen molar-refractivity contribution in [2.75, 3.05) is 5.32 Å². The first-order valence-electron chi connectivity index (χ1n) is 6.30. The van der Waals surface area contributed by atoms with Gasteiger partial charge in [-0.2, -0.15) is 13.2 Å². The van der Waals surface area contributed by atoms with Crippen LogP contribution in [0.4, 0.5) is 23.2 Å². The molecular weight excluding hydrogens is 292 g/mol. The molecule has 1 aromatic rings. The fourth-order valence-electron chi connectivity index (χ4n) is 2.24. The maximum Gasteiger partial charge on any atom is 0.419 e. The second-order valence-corrected chi connectivity index (χ2v) is 5.18. The highest BCUT2D eigenvalue weighted by Gasteiger charge is 2.34. The molecule has 0 aromatic heterocycles. The van der Waals surface area contributed by atoms with Gasteiger partial charge in [0.25, 0.3) is 0 Å². The highest BCUT2D eigenvalue weighted by Crippen LogP contribution is 2.33. The number of alkyl halides is 3. The molecule has 7 heteroatoms. The molecule has 1 aliphatic rings. The summed E-state index contributed by atoms with van der Waals surface area (Å²) < 4.78 is 50.9. The summed E-state index contributed by atoms with van der Waals surface area (Å²) in [5.41, 5.74) is -1.18. The first kappa shape index (κ1) is 15.0. The van der Waals surface area contributed by atoms with Gasteiger partial charge in [0, 0.05) is 11.7 Å². The van der Waals surface area contributed by atoms with Gasteiger partial charge in [-0.3, -0.25) is 0 Å². The van der Waals surface area contributed by atoms with Crippen LogP contribution in [0.5, 0.6) is 0 Å². The molecule has 2 nitrogen and oxygen atoms in total. The number of nitrogens with one attached hydrogen (secondary N) is 2. The smallest absolute Gasteiger partial charge is 0.360 e. The summed E-state index contributed by atoms with van der Waals surface area (Å²) in [6.07, 6.45) is -0.482. The molecule has 0 saturated heterocycles. The standard InChI is InChI=1S/C13H14F4N2S/c14-11-6-5-9(7-10(11)13(15,16)17)19-12(20)18-8-3-1-2-4-8/h5-8H,1-4H2,(H2,18,19,20). The van der Waals surface area contributed by atoms with Crippen LogP contribution in [0.3, 0.4) is 0 Å². The Morgan fingerprint density at radius 1 is 1.20 bits per heavy atom. The van der Waals surface area contributed by atoms with Gasteiger partial charge in [-0.05, 0) is 43.3 Å². The molecule has 0 spiro atoms. The Balaban J connectivity index is 2.04. The van der Waals surface area contributed by atoms with E-state index in [0.29, 0.717) is 0 Å². The molecule has 0 radical (unpaired) electrons. The zero-order valence-corrected chi connectivity index (χ0v) is 11.4. The van der Waals surface area contributed by atoms with E-state index < -0.39 is 17.6 Å². The number of benzene rings is 1. The average molecular weight is 306 g/mol. The predicted octanol–water partition coefficient (Wildman–Crippen LogP) is 4.07. The van der Waals surface area contributed by atoms with Crippen LogP contribution >= 0.6 is 12.2 Å². The molecule has 0 unspecified atom stereocenters. The second-order valence-electron chi connectivity index (χ2n) is 4.77. The van der Waals surface area contributed by atoms with Crippen LogP contribution in [0, 0.1) is 5.82 Å². The van der Waals surface area contributed by atoms with Crippen LogP contribution in [-0.4, -0.2) is 11.2 Å². The van der Waals surface area contributed by atoms with E-state index in [-0.39, 0.29) is 16.8 Å². The van der Waals surface area contributed by atoms with Gasteiger partial charge in [0.05, 0.1) is 5.56 Å². The maximum atomic E-state index is 13.1. The topological polar surface area (TPSA) is 24.1 Å². The minimum atomic E-state index is -4.72. The van der Waals surface area contributed by atoms with Crippen molar-refractivity contribution in [2.24, 2.45) is 0 Å². The molecule has 1 aromatic carbocycles. The molecule has 1 saturated carbocycles. The predicted molar refractivity (Wildman–Crippen MR) is 73.0 cm³/mol. The summed E-state index contributed by atoms with van der Waals surface area (Å²) in [4.78, 5) is 0. The average Bonchev–Trinajstić information content (AvgIpc) is 2.83. The van der Waals surface area contributed by atoms with E-state index in [1.54, 1.807) is 0 Å². The molecule has 1 aliphatic carbocycles. The van der Waals surface area contributed by atoms with Crippen molar-refractivity contribution in [2.45, 2.75) is 37.9 Å². The summed E-state index contributed by atoms with van der Waals surface area (Å²) in [6.45, 7) is 0. The molecule has 1 fully saturated rings. The molecule has 20 heavy (non-hydrogen) atoms. The maximum absolute atomic E-state index is 13.1. The molecule has 110 valence electrons. The molecule has 0 atom stereocenters. The van der Waals surface area contributed by atoms with Crippen LogP contribution in [0.15, 0.2) is 18.2 Å². The van der Waals surface area contributed by atoms with Crippen molar-refractivity contribution < 1.29 is 17.6 Å². The largest absolute Gasteiger partial charge is 0.419 e. The van der Waals surface area contributed by atoms with Crippen LogP contribution in [0.1, 0.15) is 31.2 Å². The van der Waals surface area contributed by atoms with Gasteiger partial charge in [0.15, 0.2) is 5.11 Å². The minimum absolute atomic E-state index is 0.120. The lowest BCUT2D eigenvalue weighted by molar-refractivity contribution is -0.139. The molecule has 0 bridgehead atoms. The number of hydrogen-bond donors (Lipinski definition) is 2. The first-order chi connectivity index (χ1) is 9.36. The van der Waals surface area contributed by atoms with E-state index in [4.69, 9.17) is 12.2 Å². The van der Waals surface area contributed by atoms with Crippen molar-refractivity contribution in [1.29, 1.82) is 0 Å². The summed E-state index contributed by atoms with van der Waals surface area (Å²) in [6, 6.07) is 2.99. The first-order valence-corrected chi connectivity index (χ1v) is 6.71. The Bertz CT molecular complexity index is 496. The van der Waals surface area contributed by atoms with E-state index in [2.05, 4.69) is 10.6 Å². The van der Waals surface area contributed by atoms with E-state index in [1.165, 1.54) is 6.07 Å². The van der Waals surface area contributed by atoms with Gasteiger partial charge in [-0.15, -0.1) is 0 Å². The molecule has 0 amide bonds. The number of anilines is 1. The van der Waals surface area contributed by atoms with Crippen LogP contribution < -0.4 is 10.6 Å². The third-order valence-electron chi connectivity index (χ3n) is 3.22. The minimum Gasteiger partial charge on any atom is -0.360 e. The molecule has 0 aliphatic heterocycles. The highest BCUT2D eigenvalue weighted by molar-refractivity contribution is 7.80. The SMILES string of the molecule is Fc1ccc(NC(=S)NC2CCCC2)cc1C(F)(F)F. The van der Waals surface area contributed by atoms with Crippen molar-refractivity contribution in [3.63, 3.8) is 0 Å². The number of hydrogen-bond acceptors (Lipinski definition) is 1. The van der Waals surface area contributed by atoms with Gasteiger partial charge < -0.3 is 10.6 Å². The zero-order chi connectivity index (χ0) is 14.8. The third-order valence-corrected chi connectivity index (χ3v) is 3.44. The molecule has 2 N–H and O–H groups in total. The number of halogens is 4. The highest BCUT2D eigenvalue weighted by atomic mass is 32.1. The van der Waals surface area contributed by atoms with E-state index in [1.807, 2.05) is 0 Å². The van der Waals surface area contributed by atoms with Crippen LogP contribution in [0.25, 0.3) is 0 Å². The second kappa shape index (κ2) is 5.95. The van der Waals surface area contributed by atoms with Gasteiger partial charge in [-0.1, -0.05) is 12.8 Å². The molecule has 0 heterocycles. The summed E-state index contributed by atoms with van der Waals surface area (Å²) in [7, 11) is 0. The zero-order valence-electron chi connectivity index (χ0n) is 10.6. The lowest BCUT2D eigenvalue weighted by atomic mass is 10.2. The third kappa shape index (κ3) is 3.82. The van der Waals surface area contributed by atoms with Gasteiger partial charge >= 0.3 is 6.18 Å². The fourth-order valence-corrected chi connectivity index (χ4v) is 2.53. The van der Waals surface area contributed by atoms with Gasteiger partial charge in [0.1, 0.15) is 5.82 Å². The summed E-state index contributed by atoms with van der Waals surface area (Å²) in [5.74, 6) is -1.29. The van der Waals surface area contributed by atoms with Crippen molar-refractivity contribution in [3.05, 3.63) is 29.6 Å². The van der Waals surface area contributed by atoms with Crippen molar-refractivity contribution in [1.82, 2.24) is 5.32 Å². The Morgan fingerprint density at radius 3 is 2.45 bits per heavy atom. The number of rotatable bonds is 2. The Kier molecular flexibility index (Phi) is 4.47. The van der Waals surface area contributed by atoms with Crippen LogP contribution in [0.2, 0.25) is 0 Å². The van der Waals surface area contributed by atoms with Crippen molar-refractivity contribution >= 4 is 23.0 Å². The van der Waals surface area contributed by atoms with E-state index in [0.717, 1.165) is 37.8 Å². The Labute approximate surface area is 119 Å². The molecule has 2 rings (SSSR count). The van der Waals surface area contributed by atoms with Crippen LogP contribution in [-0.2, 0) is 6.18 Å². The lowest BCUT2D eigenvalue weighted by Crippen LogP contribution is -2.36. The molecular formula is C13H14F4N2S. The van der Waals surface area contributed by atoms with E-state index >= 15 is 0 Å². The summed E-state index contributed by atoms with van der Waals surface area (Å²) >= 11 is 5.04. The number of thiocarbonyl (C=S) groups is 1. The Morgan fingerprint density at radius 2 is 1.85 bits per heavy atom. The normalized spacial score (nSPS) is 16.2. The monoisotopic (exact) mass is 306 g/mol. The van der Waals surface area contributed by atoms with Gasteiger partial charge in [0.2, 0.25) is 0 Å². The summed E-state index contributed by atoms with van der Waals surface area (Å²) in [5, 5.41) is 5.97. The van der Waals surface area contributed by atoms with Crippen molar-refractivity contribution in [3.8, 4) is 0 Å².